The molecule has 0 spiro atoms. The second kappa shape index (κ2) is 7.41. The Kier molecular flexibility index (Phi) is 5.84. The van der Waals surface area contributed by atoms with Crippen molar-refractivity contribution in [1.82, 2.24) is 19.9 Å². The Bertz CT molecular complexity index is 537. The summed E-state index contributed by atoms with van der Waals surface area (Å²) in [6, 6.07) is 0. The summed E-state index contributed by atoms with van der Waals surface area (Å²) in [4.78, 5) is 15.9. The highest BCUT2D eigenvalue weighted by Crippen LogP contribution is 2.38. The fourth-order valence-electron chi connectivity index (χ4n) is 2.58. The molecule has 0 saturated heterocycles. The Morgan fingerprint density at radius 1 is 1.20 bits per heavy atom. The van der Waals surface area contributed by atoms with Crippen LogP contribution in [-0.2, 0) is 0 Å². The van der Waals surface area contributed by atoms with E-state index in [1.165, 1.54) is 25.7 Å². The highest BCUT2D eigenvalue weighted by atomic mass is 79.9. The topological polar surface area (TPSA) is 54.5 Å². The van der Waals surface area contributed by atoms with Crippen LogP contribution >= 0.6 is 27.7 Å². The second-order valence-electron chi connectivity index (χ2n) is 5.20. The van der Waals surface area contributed by atoms with Gasteiger partial charge in [0.25, 0.3) is 0 Å². The summed E-state index contributed by atoms with van der Waals surface area (Å²) in [5, 5.41) is 2.05. The van der Waals surface area contributed by atoms with E-state index in [1.807, 2.05) is 11.8 Å². The first-order valence-electron chi connectivity index (χ1n) is 7.07. The molecular weight excluding hydrogens is 336 g/mol. The minimum atomic E-state index is 0.353. The zero-order valence-electron chi connectivity index (χ0n) is 12.0. The molecule has 0 fully saturated rings. The predicted octanol–water partition coefficient (Wildman–Crippen LogP) is 4.43. The van der Waals surface area contributed by atoms with Gasteiger partial charge >= 0.3 is 0 Å². The number of imidazole rings is 1. The molecular formula is C14H21BrN4S. The zero-order chi connectivity index (χ0) is 14.4. The third kappa shape index (κ3) is 3.52. The van der Waals surface area contributed by atoms with Gasteiger partial charge < -0.3 is 4.98 Å². The summed E-state index contributed by atoms with van der Waals surface area (Å²) >= 11 is 5.54. The maximum Gasteiger partial charge on any atom is 0.181 e. The van der Waals surface area contributed by atoms with Gasteiger partial charge in [0.2, 0.25) is 0 Å². The number of H-pyrrole nitrogens is 1. The van der Waals surface area contributed by atoms with Gasteiger partial charge in [-0.15, -0.1) is 11.8 Å². The van der Waals surface area contributed by atoms with Crippen molar-refractivity contribution in [2.75, 3.05) is 11.1 Å². The summed E-state index contributed by atoms with van der Waals surface area (Å²) in [6.45, 7) is 4.52. The van der Waals surface area contributed by atoms with Crippen LogP contribution in [0.2, 0.25) is 0 Å². The summed E-state index contributed by atoms with van der Waals surface area (Å²) in [5.41, 5.74) is 2.05. The van der Waals surface area contributed by atoms with E-state index in [2.05, 4.69) is 49.7 Å². The van der Waals surface area contributed by atoms with Gasteiger partial charge in [-0.05, 0) is 18.3 Å². The largest absolute Gasteiger partial charge is 0.341 e. The van der Waals surface area contributed by atoms with Crippen LogP contribution in [0.5, 0.6) is 0 Å². The number of thioether (sulfide) groups is 1. The number of halogens is 1. The maximum atomic E-state index is 4.40. The average molecular weight is 357 g/mol. The van der Waals surface area contributed by atoms with Crippen molar-refractivity contribution in [2.24, 2.45) is 5.41 Å². The molecule has 0 saturated carbocycles. The third-order valence-electron chi connectivity index (χ3n) is 3.55. The zero-order valence-corrected chi connectivity index (χ0v) is 14.4. The minimum Gasteiger partial charge on any atom is -0.341 e. The quantitative estimate of drug-likeness (QED) is 0.431. The van der Waals surface area contributed by atoms with Crippen molar-refractivity contribution in [1.29, 1.82) is 0 Å². The fourth-order valence-corrected chi connectivity index (χ4v) is 4.85. The molecule has 0 atom stereocenters. The van der Waals surface area contributed by atoms with Crippen LogP contribution in [0.1, 0.15) is 39.5 Å². The highest BCUT2D eigenvalue weighted by Gasteiger charge is 2.28. The van der Waals surface area contributed by atoms with Crippen molar-refractivity contribution >= 4 is 38.9 Å². The van der Waals surface area contributed by atoms with E-state index < -0.39 is 0 Å². The number of nitrogens with zero attached hydrogens (tertiary/aromatic N) is 3. The van der Waals surface area contributed by atoms with Crippen molar-refractivity contribution in [3.63, 3.8) is 0 Å². The third-order valence-corrected chi connectivity index (χ3v) is 6.08. The summed E-state index contributed by atoms with van der Waals surface area (Å²) in [6.07, 6.45) is 8.21. The minimum absolute atomic E-state index is 0.353. The molecule has 0 radical (unpaired) electrons. The number of alkyl halides is 1. The number of fused-ring (bicyclic) bond motifs is 1. The van der Waals surface area contributed by atoms with E-state index in [9.17, 15) is 0 Å². The maximum absolute atomic E-state index is 4.40. The normalized spacial score (nSPS) is 12.2. The summed E-state index contributed by atoms with van der Waals surface area (Å²) in [7, 11) is 0. The van der Waals surface area contributed by atoms with Crippen molar-refractivity contribution in [2.45, 2.75) is 44.6 Å². The number of hydrogen-bond donors (Lipinski definition) is 1. The number of hydrogen-bond acceptors (Lipinski definition) is 4. The molecule has 0 aliphatic rings. The second-order valence-corrected chi connectivity index (χ2v) is 6.73. The van der Waals surface area contributed by atoms with Gasteiger partial charge in [0.15, 0.2) is 5.65 Å². The first-order valence-corrected chi connectivity index (χ1v) is 9.18. The number of rotatable bonds is 8. The van der Waals surface area contributed by atoms with Crippen LogP contribution in [0.3, 0.4) is 0 Å². The van der Waals surface area contributed by atoms with E-state index >= 15 is 0 Å². The van der Waals surface area contributed by atoms with Gasteiger partial charge in [0.05, 0.1) is 6.33 Å². The lowest BCUT2D eigenvalue weighted by atomic mass is 9.83. The molecule has 0 aliphatic carbocycles. The Balaban J connectivity index is 2.14. The molecule has 0 aromatic carbocycles. The number of aromatic amines is 1. The van der Waals surface area contributed by atoms with Crippen LogP contribution < -0.4 is 0 Å². The fraction of sp³-hybridized carbons (Fsp3) is 0.643. The van der Waals surface area contributed by atoms with Gasteiger partial charge in [0.1, 0.15) is 16.9 Å². The number of nitrogens with one attached hydrogen (secondary N) is 1. The van der Waals surface area contributed by atoms with Gasteiger partial charge in [-0.3, -0.25) is 0 Å². The Morgan fingerprint density at radius 3 is 2.60 bits per heavy atom. The lowest BCUT2D eigenvalue weighted by Crippen LogP contribution is -2.25. The van der Waals surface area contributed by atoms with E-state index in [0.717, 1.165) is 27.3 Å². The van der Waals surface area contributed by atoms with Gasteiger partial charge in [0, 0.05) is 11.1 Å². The van der Waals surface area contributed by atoms with Gasteiger partial charge in [-0.1, -0.05) is 42.6 Å². The van der Waals surface area contributed by atoms with Crippen LogP contribution in [0.4, 0.5) is 0 Å². The first kappa shape index (κ1) is 15.8. The lowest BCUT2D eigenvalue weighted by Gasteiger charge is -2.31. The monoisotopic (exact) mass is 356 g/mol. The van der Waals surface area contributed by atoms with Crippen LogP contribution in [0, 0.1) is 5.41 Å². The smallest absolute Gasteiger partial charge is 0.181 e. The molecule has 1 N–H and O–H groups in total. The highest BCUT2D eigenvalue weighted by molar-refractivity contribution is 9.09. The van der Waals surface area contributed by atoms with Crippen molar-refractivity contribution in [3.8, 4) is 0 Å². The Hall–Kier alpha value is -0.620. The molecule has 6 heteroatoms. The Labute approximate surface area is 132 Å². The molecule has 0 bridgehead atoms. The molecule has 0 amide bonds. The van der Waals surface area contributed by atoms with E-state index in [0.29, 0.717) is 5.41 Å². The van der Waals surface area contributed by atoms with Crippen LogP contribution in [-0.4, -0.2) is 31.0 Å². The molecule has 2 rings (SSSR count). The lowest BCUT2D eigenvalue weighted by molar-refractivity contribution is 0.320. The molecule has 0 unspecified atom stereocenters. The van der Waals surface area contributed by atoms with Crippen molar-refractivity contribution in [3.05, 3.63) is 12.7 Å². The van der Waals surface area contributed by atoms with Crippen LogP contribution in [0.25, 0.3) is 11.2 Å². The molecule has 2 aromatic heterocycles. The predicted molar refractivity (Wildman–Crippen MR) is 88.5 cm³/mol. The Morgan fingerprint density at radius 2 is 1.95 bits per heavy atom. The van der Waals surface area contributed by atoms with E-state index in [1.54, 1.807) is 12.7 Å². The summed E-state index contributed by atoms with van der Waals surface area (Å²) < 4.78 is 0. The molecule has 2 heterocycles. The molecule has 20 heavy (non-hydrogen) atoms. The summed E-state index contributed by atoms with van der Waals surface area (Å²) in [5.74, 6) is 1.07. The van der Waals surface area contributed by atoms with Gasteiger partial charge in [-0.2, -0.15) is 0 Å². The average Bonchev–Trinajstić information content (AvgIpc) is 2.94. The first-order chi connectivity index (χ1) is 9.74. The van der Waals surface area contributed by atoms with E-state index in [4.69, 9.17) is 0 Å². The van der Waals surface area contributed by atoms with Crippen LogP contribution in [0.15, 0.2) is 17.7 Å². The molecule has 4 nitrogen and oxygen atoms in total. The standard InChI is InChI=1S/C14H21BrN4S/c1-3-5-14(7-15,6-4-2)8-20-13-11-12(17-9-16-11)18-10-19-13/h9-10H,3-8H2,1-2H3,(H,16,17,18,19). The van der Waals surface area contributed by atoms with Crippen molar-refractivity contribution < 1.29 is 0 Å². The molecule has 110 valence electrons. The van der Waals surface area contributed by atoms with Gasteiger partial charge in [-0.25, -0.2) is 15.0 Å². The SMILES string of the molecule is CCCC(CBr)(CCC)CSc1ncnc2nc[nH]c12. The molecule has 0 aliphatic heterocycles. The van der Waals surface area contributed by atoms with E-state index in [-0.39, 0.29) is 0 Å². The molecule has 2 aromatic rings. The number of aromatic nitrogens is 4.